The lowest BCUT2D eigenvalue weighted by Crippen LogP contribution is -2.09. The average Bonchev–Trinajstić information content (AvgIpc) is 2.04. The van der Waals surface area contributed by atoms with E-state index < -0.39 is 8.25 Å². The van der Waals surface area contributed by atoms with Gasteiger partial charge in [0.2, 0.25) is 0 Å². The van der Waals surface area contributed by atoms with Crippen molar-refractivity contribution in [1.82, 2.24) is 0 Å². The van der Waals surface area contributed by atoms with Crippen LogP contribution in [0.15, 0.2) is 0 Å². The Hall–Kier alpha value is 0.237. The molecule has 0 atom stereocenters. The molecule has 3 nitrogen and oxygen atoms in total. The van der Waals surface area contributed by atoms with Gasteiger partial charge in [0, 0.05) is 13.4 Å². The molecule has 2 N–H and O–H groups in total. The zero-order valence-electron chi connectivity index (χ0n) is 9.57. The first-order valence-electron chi connectivity index (χ1n) is 5.43. The van der Waals surface area contributed by atoms with Gasteiger partial charge in [-0.25, -0.2) is 0 Å². The minimum Gasteiger partial charge on any atom is -0.134 e. The molecule has 0 aliphatic heterocycles. The molecule has 0 unspecified atom stereocenters. The molecule has 86 valence electrons. The van der Waals surface area contributed by atoms with Gasteiger partial charge in [0.15, 0.2) is 0 Å². The van der Waals surface area contributed by atoms with Crippen LogP contribution in [0, 0.1) is 0 Å². The molecule has 0 aromatic carbocycles. The highest BCUT2D eigenvalue weighted by Crippen LogP contribution is 2.11. The van der Waals surface area contributed by atoms with Crippen molar-refractivity contribution in [3.8, 4) is 0 Å². The van der Waals surface area contributed by atoms with E-state index in [1.807, 2.05) is 0 Å². The van der Waals surface area contributed by atoms with Crippen LogP contribution in [0.3, 0.4) is 0 Å². The van der Waals surface area contributed by atoms with Crippen molar-refractivity contribution in [3.05, 3.63) is 0 Å². The van der Waals surface area contributed by atoms with Gasteiger partial charge in [-0.2, -0.15) is 0 Å². The quantitative estimate of drug-likeness (QED) is 0.553. The first kappa shape index (κ1) is 16.7. The van der Waals surface area contributed by atoms with E-state index >= 15 is 0 Å². The van der Waals surface area contributed by atoms with Gasteiger partial charge < -0.3 is 0 Å². The van der Waals surface area contributed by atoms with Gasteiger partial charge in [-0.15, -0.1) is 9.79 Å². The fourth-order valence-corrected chi connectivity index (χ4v) is 4.97. The topological polar surface area (TPSA) is 57.5 Å². The van der Waals surface area contributed by atoms with Gasteiger partial charge in [-0.3, -0.25) is 0 Å². The zero-order valence-corrected chi connectivity index (χ0v) is 11.6. The largest absolute Gasteiger partial charge is 0.692 e. The second-order valence-electron chi connectivity index (χ2n) is 3.48. The molecule has 0 aromatic rings. The Morgan fingerprint density at radius 1 is 0.929 bits per heavy atom. The smallest absolute Gasteiger partial charge is 0.134 e. The standard InChI is InChI=1S/C9H22Si.HO3P/c1-4-7-10(8-5-2)9-6-3;1-4(2)3/h10H,4-9H2,1-3H3;(H-,1,2,3)/p+1. The fourth-order valence-electron chi connectivity index (χ4n) is 1.66. The molecule has 0 rings (SSSR count). The Bertz CT molecular complexity index is 115. The summed E-state index contributed by atoms with van der Waals surface area (Å²) in [5.41, 5.74) is 0. The van der Waals surface area contributed by atoms with Gasteiger partial charge in [-0.05, 0) is 0 Å². The number of rotatable bonds is 6. The van der Waals surface area contributed by atoms with Crippen molar-refractivity contribution >= 4 is 17.1 Å². The van der Waals surface area contributed by atoms with Crippen molar-refractivity contribution in [2.45, 2.75) is 58.2 Å². The minimum absolute atomic E-state index is 0.234. The molecule has 0 radical (unpaired) electrons. The number of hydrogen-bond acceptors (Lipinski definition) is 1. The van der Waals surface area contributed by atoms with Crippen molar-refractivity contribution in [3.63, 3.8) is 0 Å². The highest BCUT2D eigenvalue weighted by Gasteiger charge is 2.05. The highest BCUT2D eigenvalue weighted by atomic mass is 31.1. The van der Waals surface area contributed by atoms with E-state index in [-0.39, 0.29) is 8.80 Å². The Labute approximate surface area is 90.1 Å². The van der Waals surface area contributed by atoms with Crippen LogP contribution in [0.5, 0.6) is 0 Å². The van der Waals surface area contributed by atoms with Crippen LogP contribution in [0.25, 0.3) is 0 Å². The summed E-state index contributed by atoms with van der Waals surface area (Å²) >= 11 is 0. The first-order chi connectivity index (χ1) is 6.58. The van der Waals surface area contributed by atoms with E-state index in [1.165, 1.54) is 19.3 Å². The van der Waals surface area contributed by atoms with Gasteiger partial charge in [0.05, 0.1) is 0 Å². The Morgan fingerprint density at radius 2 is 1.14 bits per heavy atom. The van der Waals surface area contributed by atoms with E-state index in [0.29, 0.717) is 0 Å². The van der Waals surface area contributed by atoms with Gasteiger partial charge >= 0.3 is 8.25 Å². The summed E-state index contributed by atoms with van der Waals surface area (Å²) in [6.45, 7) is 6.97. The van der Waals surface area contributed by atoms with Crippen molar-refractivity contribution < 1.29 is 14.4 Å². The second-order valence-corrected chi connectivity index (χ2v) is 7.45. The third-order valence-corrected chi connectivity index (χ3v) is 6.27. The normalized spacial score (nSPS) is 9.57. The van der Waals surface area contributed by atoms with E-state index in [2.05, 4.69) is 20.8 Å². The van der Waals surface area contributed by atoms with Gasteiger partial charge in [-0.1, -0.05) is 58.2 Å². The SMILES string of the molecule is CCC[SiH](CCC)CCC.O=[P+](O)O. The third-order valence-electron chi connectivity index (χ3n) is 2.09. The summed E-state index contributed by atoms with van der Waals surface area (Å²) in [5.74, 6) is 0. The molecule has 0 heterocycles. The summed E-state index contributed by atoms with van der Waals surface area (Å²) in [6, 6.07) is 4.76. The lowest BCUT2D eigenvalue weighted by Gasteiger charge is -2.10. The summed E-state index contributed by atoms with van der Waals surface area (Å²) in [5, 5.41) is 0. The molecule has 0 aliphatic rings. The predicted molar refractivity (Wildman–Crippen MR) is 64.5 cm³/mol. The first-order valence-corrected chi connectivity index (χ1v) is 9.04. The monoisotopic (exact) mass is 239 g/mol. The molecule has 0 aromatic heterocycles. The van der Waals surface area contributed by atoms with Crippen molar-refractivity contribution in [2.75, 3.05) is 0 Å². The Balaban J connectivity index is 0. The molecule has 5 heteroatoms. The fraction of sp³-hybridized carbons (Fsp3) is 1.00. The molecule has 14 heavy (non-hydrogen) atoms. The number of hydrogen-bond donors (Lipinski definition) is 2. The maximum absolute atomic E-state index is 8.70. The van der Waals surface area contributed by atoms with Crippen LogP contribution in [0.1, 0.15) is 40.0 Å². The van der Waals surface area contributed by atoms with E-state index in [4.69, 9.17) is 14.4 Å². The van der Waals surface area contributed by atoms with Crippen LogP contribution in [-0.2, 0) is 4.57 Å². The Kier molecular flexibility index (Phi) is 15.8. The summed E-state index contributed by atoms with van der Waals surface area (Å²) in [4.78, 5) is 14.2. The molecule has 0 fully saturated rings. The van der Waals surface area contributed by atoms with Crippen molar-refractivity contribution in [2.24, 2.45) is 0 Å². The van der Waals surface area contributed by atoms with Crippen LogP contribution >= 0.6 is 8.25 Å². The van der Waals surface area contributed by atoms with Gasteiger partial charge in [0.25, 0.3) is 0 Å². The van der Waals surface area contributed by atoms with E-state index in [0.717, 1.165) is 0 Å². The summed E-state index contributed by atoms with van der Waals surface area (Å²) in [7, 11) is -3.10. The van der Waals surface area contributed by atoms with Crippen LogP contribution in [0.4, 0.5) is 0 Å². The molecule has 0 spiro atoms. The van der Waals surface area contributed by atoms with Crippen LogP contribution in [0.2, 0.25) is 18.1 Å². The highest BCUT2D eigenvalue weighted by molar-refractivity contribution is 7.30. The van der Waals surface area contributed by atoms with Crippen LogP contribution < -0.4 is 0 Å². The molecule has 0 amide bonds. The summed E-state index contributed by atoms with van der Waals surface area (Å²) in [6.07, 6.45) is 4.28. The lowest BCUT2D eigenvalue weighted by atomic mass is 10.6. The van der Waals surface area contributed by atoms with E-state index in [1.54, 1.807) is 18.1 Å². The van der Waals surface area contributed by atoms with Gasteiger partial charge in [0.1, 0.15) is 0 Å². The Morgan fingerprint density at radius 3 is 1.29 bits per heavy atom. The van der Waals surface area contributed by atoms with Crippen LogP contribution in [-0.4, -0.2) is 18.6 Å². The minimum atomic E-state index is -2.87. The third kappa shape index (κ3) is 18.1. The molecule has 0 saturated heterocycles. The predicted octanol–water partition coefficient (Wildman–Crippen LogP) is 3.07. The molecular formula is C9H24O3PSi+. The molecular weight excluding hydrogens is 215 g/mol. The maximum Gasteiger partial charge on any atom is 0.692 e. The molecule has 0 bridgehead atoms. The average molecular weight is 239 g/mol. The summed E-state index contributed by atoms with van der Waals surface area (Å²) < 4.78 is 8.70. The maximum atomic E-state index is 8.70. The zero-order chi connectivity index (χ0) is 11.4. The molecule has 0 saturated carbocycles. The second kappa shape index (κ2) is 13.2. The molecule has 0 aliphatic carbocycles. The lowest BCUT2D eigenvalue weighted by molar-refractivity contribution is 0.405. The van der Waals surface area contributed by atoms with Crippen molar-refractivity contribution in [1.29, 1.82) is 0 Å². The van der Waals surface area contributed by atoms with E-state index in [9.17, 15) is 0 Å².